The second kappa shape index (κ2) is 8.29. The molecule has 2 heterocycles. The summed E-state index contributed by atoms with van der Waals surface area (Å²) >= 11 is 6.78. The van der Waals surface area contributed by atoms with Gasteiger partial charge in [-0.25, -0.2) is 14.1 Å². The summed E-state index contributed by atoms with van der Waals surface area (Å²) in [5.41, 5.74) is 0.798. The summed E-state index contributed by atoms with van der Waals surface area (Å²) in [6, 6.07) is 13.3. The number of para-hydroxylation sites is 1. The lowest BCUT2D eigenvalue weighted by Gasteiger charge is -2.12. The molecule has 0 bridgehead atoms. The van der Waals surface area contributed by atoms with Crippen LogP contribution in [0.5, 0.6) is 0 Å². The molecule has 0 aliphatic rings. The number of carbonyl (C=O) groups is 1. The highest BCUT2D eigenvalue weighted by Crippen LogP contribution is 2.24. The van der Waals surface area contributed by atoms with Crippen LogP contribution in [0, 0.1) is 5.82 Å². The minimum atomic E-state index is -0.659. The molecule has 0 spiro atoms. The lowest BCUT2D eigenvalue weighted by atomic mass is 10.3. The number of hydrogen-bond acceptors (Lipinski definition) is 5. The van der Waals surface area contributed by atoms with Crippen molar-refractivity contribution in [3.05, 3.63) is 75.9 Å². The van der Waals surface area contributed by atoms with Gasteiger partial charge in [0.2, 0.25) is 5.91 Å². The van der Waals surface area contributed by atoms with Crippen molar-refractivity contribution in [2.75, 3.05) is 5.32 Å². The lowest BCUT2D eigenvalue weighted by Crippen LogP contribution is -2.23. The number of amides is 1. The molecule has 4 aromatic rings. The molecule has 0 fully saturated rings. The fourth-order valence-electron chi connectivity index (χ4n) is 2.76. The standard InChI is InChI=1S/C20H15ClFN5O2S/c1-11(18(28)24-16-8-7-12(21)9-15(16)22)30-20-25-17-14(19(29)26-20)10-23-27(17)13-5-3-2-4-6-13/h2-11H,1H3,(H,24,28)(H,25,26,29). The molecule has 152 valence electrons. The van der Waals surface area contributed by atoms with E-state index in [1.54, 1.807) is 11.6 Å². The van der Waals surface area contributed by atoms with Gasteiger partial charge in [0, 0.05) is 5.02 Å². The molecule has 2 N–H and O–H groups in total. The number of H-pyrrole nitrogens is 1. The van der Waals surface area contributed by atoms with E-state index in [0.29, 0.717) is 11.0 Å². The Kier molecular flexibility index (Phi) is 5.56. The molecule has 0 aliphatic carbocycles. The van der Waals surface area contributed by atoms with Crippen LogP contribution in [0.3, 0.4) is 0 Å². The van der Waals surface area contributed by atoms with Crippen molar-refractivity contribution < 1.29 is 9.18 Å². The van der Waals surface area contributed by atoms with E-state index in [4.69, 9.17) is 11.6 Å². The Bertz CT molecular complexity index is 1290. The van der Waals surface area contributed by atoms with Crippen molar-refractivity contribution in [2.24, 2.45) is 0 Å². The zero-order valence-corrected chi connectivity index (χ0v) is 17.2. The van der Waals surface area contributed by atoms with E-state index >= 15 is 0 Å². The van der Waals surface area contributed by atoms with E-state index in [1.165, 1.54) is 18.3 Å². The molecule has 2 aromatic heterocycles. The minimum Gasteiger partial charge on any atom is -0.323 e. The summed E-state index contributed by atoms with van der Waals surface area (Å²) in [4.78, 5) is 32.0. The van der Waals surface area contributed by atoms with Gasteiger partial charge in [-0.1, -0.05) is 41.6 Å². The highest BCUT2D eigenvalue weighted by Gasteiger charge is 2.19. The maximum absolute atomic E-state index is 13.9. The van der Waals surface area contributed by atoms with Gasteiger partial charge in [0.25, 0.3) is 5.56 Å². The van der Waals surface area contributed by atoms with Crippen molar-refractivity contribution >= 4 is 46.0 Å². The fraction of sp³-hybridized carbons (Fsp3) is 0.100. The maximum Gasteiger partial charge on any atom is 0.262 e. The van der Waals surface area contributed by atoms with Crippen molar-refractivity contribution in [1.82, 2.24) is 19.7 Å². The molecule has 1 amide bonds. The number of thioether (sulfide) groups is 1. The predicted octanol–water partition coefficient (Wildman–Crippen LogP) is 4.02. The first-order valence-electron chi connectivity index (χ1n) is 8.88. The van der Waals surface area contributed by atoms with Crippen LogP contribution in [0.4, 0.5) is 10.1 Å². The molecule has 10 heteroatoms. The Morgan fingerprint density at radius 1 is 1.27 bits per heavy atom. The molecule has 0 saturated carbocycles. The van der Waals surface area contributed by atoms with Gasteiger partial charge in [0.05, 0.1) is 22.8 Å². The molecule has 1 unspecified atom stereocenters. The first-order chi connectivity index (χ1) is 14.4. The van der Waals surface area contributed by atoms with E-state index in [1.807, 2.05) is 30.3 Å². The fourth-order valence-corrected chi connectivity index (χ4v) is 3.71. The summed E-state index contributed by atoms with van der Waals surface area (Å²) in [6.07, 6.45) is 1.45. The SMILES string of the molecule is CC(Sc1nc2c(cnn2-c2ccccc2)c(=O)[nH]1)C(=O)Nc1ccc(Cl)cc1F. The predicted molar refractivity (Wildman–Crippen MR) is 115 cm³/mol. The van der Waals surface area contributed by atoms with Crippen LogP contribution in [0.1, 0.15) is 6.92 Å². The highest BCUT2D eigenvalue weighted by molar-refractivity contribution is 8.00. The number of anilines is 1. The van der Waals surface area contributed by atoms with Gasteiger partial charge >= 0.3 is 0 Å². The van der Waals surface area contributed by atoms with Crippen LogP contribution in [0.2, 0.25) is 5.02 Å². The van der Waals surface area contributed by atoms with Gasteiger partial charge in [-0.3, -0.25) is 9.59 Å². The second-order valence-electron chi connectivity index (χ2n) is 6.37. The summed E-state index contributed by atoms with van der Waals surface area (Å²) in [5.74, 6) is -1.08. The highest BCUT2D eigenvalue weighted by atomic mass is 35.5. The summed E-state index contributed by atoms with van der Waals surface area (Å²) in [7, 11) is 0. The topological polar surface area (TPSA) is 92.7 Å². The first-order valence-corrected chi connectivity index (χ1v) is 10.1. The Morgan fingerprint density at radius 2 is 2.03 bits per heavy atom. The normalized spacial score (nSPS) is 12.1. The van der Waals surface area contributed by atoms with Crippen LogP contribution < -0.4 is 10.9 Å². The number of benzene rings is 2. The Balaban J connectivity index is 1.58. The van der Waals surface area contributed by atoms with Gasteiger partial charge in [-0.2, -0.15) is 5.10 Å². The molecule has 30 heavy (non-hydrogen) atoms. The van der Waals surface area contributed by atoms with E-state index in [-0.39, 0.29) is 21.4 Å². The van der Waals surface area contributed by atoms with Gasteiger partial charge in [0.15, 0.2) is 10.8 Å². The van der Waals surface area contributed by atoms with Crippen LogP contribution in [-0.4, -0.2) is 30.9 Å². The monoisotopic (exact) mass is 443 g/mol. The van der Waals surface area contributed by atoms with Crippen molar-refractivity contribution in [1.29, 1.82) is 0 Å². The number of halogens is 2. The number of fused-ring (bicyclic) bond motifs is 1. The molecule has 4 rings (SSSR count). The van der Waals surface area contributed by atoms with Crippen LogP contribution >= 0.6 is 23.4 Å². The number of nitrogens with zero attached hydrogens (tertiary/aromatic N) is 3. The molecule has 1 atom stereocenters. The second-order valence-corrected chi connectivity index (χ2v) is 8.14. The van der Waals surface area contributed by atoms with Gasteiger partial charge in [-0.05, 0) is 37.3 Å². The molecule has 2 aromatic carbocycles. The zero-order chi connectivity index (χ0) is 21.3. The smallest absolute Gasteiger partial charge is 0.262 e. The van der Waals surface area contributed by atoms with E-state index in [2.05, 4.69) is 20.4 Å². The summed E-state index contributed by atoms with van der Waals surface area (Å²) < 4.78 is 15.5. The number of hydrogen-bond donors (Lipinski definition) is 2. The lowest BCUT2D eigenvalue weighted by molar-refractivity contribution is -0.115. The quantitative estimate of drug-likeness (QED) is 0.359. The Morgan fingerprint density at radius 3 is 2.77 bits per heavy atom. The largest absolute Gasteiger partial charge is 0.323 e. The Labute approximate surface area is 179 Å². The zero-order valence-electron chi connectivity index (χ0n) is 15.6. The molecule has 7 nitrogen and oxygen atoms in total. The number of nitrogens with one attached hydrogen (secondary N) is 2. The van der Waals surface area contributed by atoms with Gasteiger partial charge < -0.3 is 10.3 Å². The van der Waals surface area contributed by atoms with Crippen molar-refractivity contribution in [3.8, 4) is 5.69 Å². The molecule has 0 aliphatic heterocycles. The average molecular weight is 444 g/mol. The van der Waals surface area contributed by atoms with E-state index in [9.17, 15) is 14.0 Å². The van der Waals surface area contributed by atoms with Crippen molar-refractivity contribution in [2.45, 2.75) is 17.3 Å². The average Bonchev–Trinajstić information content (AvgIpc) is 3.15. The summed E-state index contributed by atoms with van der Waals surface area (Å²) in [6.45, 7) is 1.63. The third kappa shape index (κ3) is 4.07. The van der Waals surface area contributed by atoms with Crippen molar-refractivity contribution in [3.63, 3.8) is 0 Å². The Hall–Kier alpha value is -3.17. The molecular weight excluding hydrogens is 429 g/mol. The number of rotatable bonds is 5. The van der Waals surface area contributed by atoms with Crippen LogP contribution in [0.15, 0.2) is 64.7 Å². The molecule has 0 radical (unpaired) electrons. The van der Waals surface area contributed by atoms with E-state index < -0.39 is 17.0 Å². The third-order valence-corrected chi connectivity index (χ3v) is 5.48. The first kappa shape index (κ1) is 20.1. The molecular formula is C20H15ClFN5O2S. The molecule has 0 saturated heterocycles. The van der Waals surface area contributed by atoms with E-state index in [0.717, 1.165) is 23.5 Å². The van der Waals surface area contributed by atoms with Crippen LogP contribution in [0.25, 0.3) is 16.7 Å². The summed E-state index contributed by atoms with van der Waals surface area (Å²) in [5, 5.41) is 6.92. The van der Waals surface area contributed by atoms with Gasteiger partial charge in [-0.15, -0.1) is 0 Å². The number of aromatic nitrogens is 4. The third-order valence-electron chi connectivity index (χ3n) is 4.26. The minimum absolute atomic E-state index is 0.0240. The number of aromatic amines is 1. The maximum atomic E-state index is 13.9. The van der Waals surface area contributed by atoms with Crippen LogP contribution in [-0.2, 0) is 4.79 Å². The number of carbonyl (C=O) groups excluding carboxylic acids is 1. The van der Waals surface area contributed by atoms with Gasteiger partial charge in [0.1, 0.15) is 11.2 Å².